The second kappa shape index (κ2) is 8.68. The predicted octanol–water partition coefficient (Wildman–Crippen LogP) is 4.06. The Morgan fingerprint density at radius 1 is 1.20 bits per heavy atom. The van der Waals surface area contributed by atoms with Crippen LogP contribution >= 0.6 is 23.2 Å². The van der Waals surface area contributed by atoms with E-state index < -0.39 is 5.54 Å². The van der Waals surface area contributed by atoms with Gasteiger partial charge >= 0.3 is 5.97 Å². The molecule has 11 heteroatoms. The summed E-state index contributed by atoms with van der Waals surface area (Å²) in [6.07, 6.45) is 0. The summed E-state index contributed by atoms with van der Waals surface area (Å²) >= 11 is 12.2. The summed E-state index contributed by atoms with van der Waals surface area (Å²) in [5.74, 6) is 1.18. The summed E-state index contributed by atoms with van der Waals surface area (Å²) in [5, 5.41) is 9.69. The van der Waals surface area contributed by atoms with Crippen molar-refractivity contribution in [2.24, 2.45) is 15.0 Å². The van der Waals surface area contributed by atoms with Crippen molar-refractivity contribution in [1.29, 1.82) is 0 Å². The van der Waals surface area contributed by atoms with Gasteiger partial charge in [0.15, 0.2) is 11.6 Å². The number of anilines is 3. The average Bonchev–Trinajstić information content (AvgIpc) is 2.70. The number of carbonyl (C=O) groups excluding carboxylic acids is 1. The molecule has 0 aliphatic carbocycles. The third kappa shape index (κ3) is 4.69. The number of nitrogens with one attached hydrogen (secondary N) is 3. The number of ether oxygens (including phenoxy) is 1. The van der Waals surface area contributed by atoms with Crippen molar-refractivity contribution in [2.75, 3.05) is 23.0 Å². The van der Waals surface area contributed by atoms with Gasteiger partial charge < -0.3 is 20.7 Å². The van der Waals surface area contributed by atoms with Crippen molar-refractivity contribution < 1.29 is 9.53 Å². The first kappa shape index (κ1) is 21.5. The van der Waals surface area contributed by atoms with E-state index in [1.165, 1.54) is 0 Å². The number of carbonyl (C=O) groups is 1. The number of esters is 1. The zero-order valence-corrected chi connectivity index (χ0v) is 18.0. The van der Waals surface area contributed by atoms with Gasteiger partial charge in [-0.25, -0.2) is 14.8 Å². The Bertz CT molecular complexity index is 1070. The van der Waals surface area contributed by atoms with E-state index in [0.717, 1.165) is 0 Å². The van der Waals surface area contributed by atoms with Crippen molar-refractivity contribution in [3.63, 3.8) is 0 Å². The lowest BCUT2D eigenvalue weighted by Crippen LogP contribution is -2.46. The Labute approximate surface area is 183 Å². The van der Waals surface area contributed by atoms with Gasteiger partial charge in [-0.15, -0.1) is 0 Å². The number of pyridine rings is 1. The minimum absolute atomic E-state index is 0.151. The van der Waals surface area contributed by atoms with Gasteiger partial charge in [-0.2, -0.15) is 4.99 Å². The Morgan fingerprint density at radius 2 is 1.97 bits per heavy atom. The van der Waals surface area contributed by atoms with Crippen molar-refractivity contribution in [3.05, 3.63) is 40.4 Å². The van der Waals surface area contributed by atoms with E-state index >= 15 is 0 Å². The number of rotatable bonds is 2. The summed E-state index contributed by atoms with van der Waals surface area (Å²) in [4.78, 5) is 28.6. The van der Waals surface area contributed by atoms with Crippen LogP contribution in [0.2, 0.25) is 10.0 Å². The number of benzene rings is 1. The molecular formula is C19H19Cl2N7O2. The molecule has 3 N–H and O–H groups in total. The molecule has 1 aliphatic rings. The number of nitrogens with zero attached hydrogens (tertiary/aromatic N) is 4. The Hall–Kier alpha value is -3.17. The first-order valence-electron chi connectivity index (χ1n) is 8.75. The van der Waals surface area contributed by atoms with Gasteiger partial charge in [0.2, 0.25) is 11.9 Å². The van der Waals surface area contributed by atoms with Gasteiger partial charge in [0, 0.05) is 7.05 Å². The van der Waals surface area contributed by atoms with Gasteiger partial charge in [0.25, 0.3) is 0 Å². The molecule has 1 aromatic heterocycles. The first-order chi connectivity index (χ1) is 14.2. The molecule has 0 unspecified atom stereocenters. The Balaban J connectivity index is 1.80. The Morgan fingerprint density at radius 3 is 2.67 bits per heavy atom. The van der Waals surface area contributed by atoms with E-state index in [2.05, 4.69) is 42.6 Å². The van der Waals surface area contributed by atoms with E-state index in [0.29, 0.717) is 33.1 Å². The SMILES string of the molecule is C=NC(=NC(=NC)Nc1ccc2c(n1)NC(C)(C)C(=O)O2)Nc1cccc(Cl)c1Cl. The van der Waals surface area contributed by atoms with Crippen LogP contribution in [0.25, 0.3) is 0 Å². The molecule has 1 aliphatic heterocycles. The van der Waals surface area contributed by atoms with Crippen LogP contribution in [0.4, 0.5) is 17.3 Å². The fourth-order valence-electron chi connectivity index (χ4n) is 2.43. The fourth-order valence-corrected chi connectivity index (χ4v) is 2.78. The van der Waals surface area contributed by atoms with Gasteiger partial charge in [-0.3, -0.25) is 4.99 Å². The van der Waals surface area contributed by atoms with Crippen LogP contribution in [0.5, 0.6) is 5.75 Å². The predicted molar refractivity (Wildman–Crippen MR) is 122 cm³/mol. The monoisotopic (exact) mass is 447 g/mol. The fraction of sp³-hybridized carbons (Fsp3) is 0.211. The highest BCUT2D eigenvalue weighted by Crippen LogP contribution is 2.32. The number of aliphatic imine (C=N–C) groups is 3. The molecule has 9 nitrogen and oxygen atoms in total. The third-order valence-corrected chi connectivity index (χ3v) is 4.83. The van der Waals surface area contributed by atoms with Crippen LogP contribution in [-0.4, -0.2) is 42.2 Å². The number of guanidine groups is 2. The van der Waals surface area contributed by atoms with Crippen LogP contribution in [0.1, 0.15) is 13.8 Å². The summed E-state index contributed by atoms with van der Waals surface area (Å²) in [6.45, 7) is 6.92. The van der Waals surface area contributed by atoms with Crippen LogP contribution in [0.3, 0.4) is 0 Å². The molecule has 156 valence electrons. The van der Waals surface area contributed by atoms with E-state index in [1.807, 2.05) is 0 Å². The van der Waals surface area contributed by atoms with Crippen molar-refractivity contribution in [3.8, 4) is 5.75 Å². The quantitative estimate of drug-likeness (QED) is 0.363. The smallest absolute Gasteiger partial charge is 0.336 e. The largest absolute Gasteiger partial charge is 0.421 e. The molecule has 2 aromatic rings. The topological polar surface area (TPSA) is 112 Å². The van der Waals surface area contributed by atoms with E-state index in [1.54, 1.807) is 51.2 Å². The lowest BCUT2D eigenvalue weighted by Gasteiger charge is -2.30. The maximum absolute atomic E-state index is 11.9. The van der Waals surface area contributed by atoms with Crippen LogP contribution in [0, 0.1) is 0 Å². The number of hydrogen-bond donors (Lipinski definition) is 3. The van der Waals surface area contributed by atoms with Crippen molar-refractivity contribution in [2.45, 2.75) is 19.4 Å². The van der Waals surface area contributed by atoms with E-state index in [-0.39, 0.29) is 17.9 Å². The van der Waals surface area contributed by atoms with Crippen LogP contribution < -0.4 is 20.7 Å². The minimum atomic E-state index is -0.890. The highest BCUT2D eigenvalue weighted by Gasteiger charge is 2.36. The van der Waals surface area contributed by atoms with Gasteiger partial charge in [-0.1, -0.05) is 29.3 Å². The van der Waals surface area contributed by atoms with Gasteiger partial charge in [0.1, 0.15) is 11.4 Å². The average molecular weight is 448 g/mol. The maximum atomic E-state index is 11.9. The maximum Gasteiger partial charge on any atom is 0.336 e. The van der Waals surface area contributed by atoms with Crippen LogP contribution in [0.15, 0.2) is 45.3 Å². The standard InChI is InChI=1S/C19H19Cl2N7O2/c1-19(2)16(29)30-12-8-9-13(25-15(12)28-19)26-18(23-4)27-17(22-3)24-11-7-5-6-10(20)14(11)21/h5-9H,3H2,1-2,4H3,(H3,23,24,25,26,27,28). The van der Waals surface area contributed by atoms with Crippen LogP contribution in [-0.2, 0) is 4.79 Å². The van der Waals surface area contributed by atoms with Crippen molar-refractivity contribution >= 4 is 65.1 Å². The van der Waals surface area contributed by atoms with E-state index in [4.69, 9.17) is 27.9 Å². The molecule has 0 saturated carbocycles. The molecule has 1 aromatic carbocycles. The number of aromatic nitrogens is 1. The number of hydrogen-bond acceptors (Lipinski definition) is 5. The molecule has 0 amide bonds. The summed E-state index contributed by atoms with van der Waals surface area (Å²) in [7, 11) is 1.56. The zero-order chi connectivity index (χ0) is 21.9. The zero-order valence-electron chi connectivity index (χ0n) is 16.5. The molecule has 0 spiro atoms. The van der Waals surface area contributed by atoms with Crippen molar-refractivity contribution in [1.82, 2.24) is 4.98 Å². The van der Waals surface area contributed by atoms with Gasteiger partial charge in [0.05, 0.1) is 15.7 Å². The molecule has 0 radical (unpaired) electrons. The molecule has 0 fully saturated rings. The normalized spacial score (nSPS) is 15.6. The molecule has 30 heavy (non-hydrogen) atoms. The molecule has 0 bridgehead atoms. The summed E-state index contributed by atoms with van der Waals surface area (Å²) < 4.78 is 5.30. The molecule has 0 saturated heterocycles. The summed E-state index contributed by atoms with van der Waals surface area (Å²) in [6, 6.07) is 8.39. The third-order valence-electron chi connectivity index (χ3n) is 4.01. The Kier molecular flexibility index (Phi) is 6.23. The molecule has 2 heterocycles. The van der Waals surface area contributed by atoms with Gasteiger partial charge in [-0.05, 0) is 44.8 Å². The highest BCUT2D eigenvalue weighted by molar-refractivity contribution is 6.44. The molecular weight excluding hydrogens is 429 g/mol. The minimum Gasteiger partial charge on any atom is -0.421 e. The molecule has 0 atom stereocenters. The lowest BCUT2D eigenvalue weighted by molar-refractivity contribution is -0.139. The molecule has 3 rings (SSSR count). The number of halogens is 2. The second-order valence-corrected chi connectivity index (χ2v) is 7.46. The summed E-state index contributed by atoms with van der Waals surface area (Å²) in [5.41, 5.74) is -0.371. The number of fused-ring (bicyclic) bond motifs is 1. The highest BCUT2D eigenvalue weighted by atomic mass is 35.5. The first-order valence-corrected chi connectivity index (χ1v) is 9.51. The lowest BCUT2D eigenvalue weighted by atomic mass is 10.0. The second-order valence-electron chi connectivity index (χ2n) is 6.67. The van der Waals surface area contributed by atoms with E-state index in [9.17, 15) is 4.79 Å².